The zero-order valence-corrected chi connectivity index (χ0v) is 36.5. The average molecular weight is 882 g/mol. The first-order chi connectivity index (χ1) is 31.0. The highest BCUT2D eigenvalue weighted by atomic mass is 32.2. The van der Waals surface area contributed by atoms with E-state index in [0.29, 0.717) is 25.0 Å². The molecule has 5 heterocycles. The smallest absolute Gasteiger partial charge is 0.270 e. The van der Waals surface area contributed by atoms with Gasteiger partial charge in [0.2, 0.25) is 17.7 Å². The number of benzene rings is 3. The van der Waals surface area contributed by atoms with Crippen molar-refractivity contribution in [3.8, 4) is 16.9 Å². The maximum atomic E-state index is 13.0. The first-order valence-corrected chi connectivity index (χ1v) is 22.5. The third-order valence-corrected chi connectivity index (χ3v) is 12.6. The van der Waals surface area contributed by atoms with E-state index in [4.69, 9.17) is 10.5 Å². The Labute approximate surface area is 376 Å². The summed E-state index contributed by atoms with van der Waals surface area (Å²) in [6.45, 7) is 4.87. The Balaban J connectivity index is 0.714. The molecule has 1 atom stereocenters. The number of amides is 5. The summed E-state index contributed by atoms with van der Waals surface area (Å²) in [6.07, 6.45) is 10.4. The summed E-state index contributed by atoms with van der Waals surface area (Å²) in [5.74, 6) is 0.224. The highest BCUT2D eigenvalue weighted by Crippen LogP contribution is 2.31. The third kappa shape index (κ3) is 11.1. The molecule has 2 aromatic heterocycles. The van der Waals surface area contributed by atoms with Gasteiger partial charge in [0.15, 0.2) is 0 Å². The van der Waals surface area contributed by atoms with Crippen molar-refractivity contribution >= 4 is 52.8 Å². The van der Waals surface area contributed by atoms with Crippen LogP contribution in [0.25, 0.3) is 11.1 Å². The standard InChI is InChI=1S/C48H51N9O6S/c1-48(49)19-21-56(22-20-48)41-28-52-44(29-51-41)64-37-7-5-6-35(25-37)54-42(58)8-3-2-4-23-63-36-13-10-32(11-14-36)33-12-16-39(50-27-33)45(60)53-26-31-9-15-38-34(24-31)30-57(47(38)62)40-17-18-43(59)55-46(40)61/h5-7,9-16,24-25,27-29,40H,2-4,8,17-23,26,30,49H2,1H3,(H,53,60)(H,54,58)(H,55,59,61). The summed E-state index contributed by atoms with van der Waals surface area (Å²) >= 11 is 1.50. The summed E-state index contributed by atoms with van der Waals surface area (Å²) in [6, 6.07) is 23.6. The van der Waals surface area contributed by atoms with Crippen LogP contribution in [0.2, 0.25) is 0 Å². The van der Waals surface area contributed by atoms with Crippen molar-refractivity contribution < 1.29 is 28.7 Å². The number of fused-ring (bicyclic) bond motifs is 1. The molecule has 0 bridgehead atoms. The molecular formula is C48H51N9O6S. The number of hydrogen-bond acceptors (Lipinski definition) is 12. The zero-order valence-electron chi connectivity index (χ0n) is 35.7. The molecule has 2 fully saturated rings. The lowest BCUT2D eigenvalue weighted by atomic mass is 9.91. The number of ether oxygens (including phenoxy) is 1. The molecule has 0 aliphatic carbocycles. The predicted octanol–water partition coefficient (Wildman–Crippen LogP) is 6.28. The van der Waals surface area contributed by atoms with Crippen molar-refractivity contribution in [2.45, 2.75) is 92.9 Å². The minimum Gasteiger partial charge on any atom is -0.494 e. The lowest BCUT2D eigenvalue weighted by Gasteiger charge is -2.37. The van der Waals surface area contributed by atoms with Gasteiger partial charge in [-0.3, -0.25) is 34.3 Å². The number of carbonyl (C=O) groups excluding carboxylic acids is 5. The van der Waals surface area contributed by atoms with Crippen LogP contribution in [0.3, 0.4) is 0 Å². The average Bonchev–Trinajstić information content (AvgIpc) is 3.62. The fraction of sp³-hybridized carbons (Fsp3) is 0.333. The van der Waals surface area contributed by atoms with Crippen LogP contribution >= 0.6 is 11.8 Å². The van der Waals surface area contributed by atoms with E-state index in [1.54, 1.807) is 30.6 Å². The normalized spacial score (nSPS) is 16.8. The molecule has 1 unspecified atom stereocenters. The molecule has 5 aromatic rings. The number of aromatic nitrogens is 3. The number of carbonyl (C=O) groups is 5. The molecular weight excluding hydrogens is 831 g/mol. The molecule has 16 heteroatoms. The van der Waals surface area contributed by atoms with Crippen molar-refractivity contribution in [3.05, 3.63) is 120 Å². The second-order valence-electron chi connectivity index (χ2n) is 16.7. The van der Waals surface area contributed by atoms with Gasteiger partial charge in [-0.25, -0.2) is 9.97 Å². The predicted molar refractivity (Wildman–Crippen MR) is 243 cm³/mol. The number of pyridine rings is 1. The number of imide groups is 1. The summed E-state index contributed by atoms with van der Waals surface area (Å²) in [5, 5.41) is 9.01. The van der Waals surface area contributed by atoms with E-state index in [-0.39, 0.29) is 54.4 Å². The van der Waals surface area contributed by atoms with Gasteiger partial charge in [0.1, 0.15) is 28.3 Å². The van der Waals surface area contributed by atoms with Gasteiger partial charge in [0, 0.05) is 72.5 Å². The molecule has 330 valence electrons. The van der Waals surface area contributed by atoms with Gasteiger partial charge in [-0.05, 0) is 105 Å². The number of piperidine rings is 2. The van der Waals surface area contributed by atoms with E-state index in [1.165, 1.54) is 16.7 Å². The van der Waals surface area contributed by atoms with Gasteiger partial charge in [0.05, 0.1) is 19.0 Å². The molecule has 0 radical (unpaired) electrons. The van der Waals surface area contributed by atoms with Gasteiger partial charge < -0.3 is 30.9 Å². The van der Waals surface area contributed by atoms with Crippen LogP contribution in [-0.4, -0.2) is 80.7 Å². The van der Waals surface area contributed by atoms with E-state index < -0.39 is 11.9 Å². The fourth-order valence-corrected chi connectivity index (χ4v) is 8.75. The second-order valence-corrected chi connectivity index (χ2v) is 17.8. The van der Waals surface area contributed by atoms with Gasteiger partial charge in [-0.15, -0.1) is 0 Å². The number of rotatable bonds is 16. The maximum Gasteiger partial charge on any atom is 0.270 e. The molecule has 2 saturated heterocycles. The Kier molecular flexibility index (Phi) is 13.6. The Morgan fingerprint density at radius 2 is 1.72 bits per heavy atom. The minimum atomic E-state index is -0.680. The van der Waals surface area contributed by atoms with Crippen molar-refractivity contribution in [1.29, 1.82) is 0 Å². The monoisotopic (exact) mass is 881 g/mol. The SMILES string of the molecule is CC1(N)CCN(c2cnc(Sc3cccc(NC(=O)CCCCCOc4ccc(-c5ccc(C(=O)NCc6ccc7c(c6)CN(C6CCC(=O)NC6=O)C7=O)nc5)cc4)c3)cn2)CC1. The molecule has 3 aliphatic rings. The van der Waals surface area contributed by atoms with Crippen LogP contribution in [0.4, 0.5) is 11.5 Å². The van der Waals surface area contributed by atoms with Crippen LogP contribution in [0.5, 0.6) is 5.75 Å². The summed E-state index contributed by atoms with van der Waals surface area (Å²) < 4.78 is 5.96. The Bertz CT molecular complexity index is 2510. The number of hydrogen-bond donors (Lipinski definition) is 4. The molecule has 0 saturated carbocycles. The number of nitrogens with two attached hydrogens (primary N) is 1. The number of unbranched alkanes of at least 4 members (excludes halogenated alkanes) is 2. The number of anilines is 2. The second kappa shape index (κ2) is 19.8. The number of nitrogens with one attached hydrogen (secondary N) is 3. The fourth-order valence-electron chi connectivity index (χ4n) is 7.96. The highest BCUT2D eigenvalue weighted by molar-refractivity contribution is 7.99. The summed E-state index contributed by atoms with van der Waals surface area (Å²) in [7, 11) is 0. The first-order valence-electron chi connectivity index (χ1n) is 21.6. The zero-order chi connectivity index (χ0) is 44.6. The largest absolute Gasteiger partial charge is 0.494 e. The highest BCUT2D eigenvalue weighted by Gasteiger charge is 2.39. The van der Waals surface area contributed by atoms with Crippen LogP contribution in [0.15, 0.2) is 107 Å². The summed E-state index contributed by atoms with van der Waals surface area (Å²) in [4.78, 5) is 80.9. The number of nitrogens with zero attached hydrogens (tertiary/aromatic N) is 5. The van der Waals surface area contributed by atoms with Crippen molar-refractivity contribution in [2.75, 3.05) is 29.9 Å². The summed E-state index contributed by atoms with van der Waals surface area (Å²) in [5.41, 5.74) is 11.0. The van der Waals surface area contributed by atoms with E-state index >= 15 is 0 Å². The van der Waals surface area contributed by atoms with Crippen LogP contribution in [0, 0.1) is 0 Å². The van der Waals surface area contributed by atoms with Crippen molar-refractivity contribution in [1.82, 2.24) is 30.5 Å². The van der Waals surface area contributed by atoms with Crippen LogP contribution in [0.1, 0.15) is 90.3 Å². The minimum absolute atomic E-state index is 0.0292. The molecule has 8 rings (SSSR count). The van der Waals surface area contributed by atoms with Gasteiger partial charge in [0.25, 0.3) is 11.8 Å². The van der Waals surface area contributed by atoms with E-state index in [9.17, 15) is 24.0 Å². The maximum absolute atomic E-state index is 13.0. The lowest BCUT2D eigenvalue weighted by Crippen LogP contribution is -2.52. The molecule has 5 N–H and O–H groups in total. The molecule has 64 heavy (non-hydrogen) atoms. The molecule has 15 nitrogen and oxygen atoms in total. The van der Waals surface area contributed by atoms with Gasteiger partial charge in [-0.2, -0.15) is 0 Å². The first kappa shape index (κ1) is 44.0. The lowest BCUT2D eigenvalue weighted by molar-refractivity contribution is -0.137. The van der Waals surface area contributed by atoms with E-state index in [1.807, 2.05) is 66.9 Å². The van der Waals surface area contributed by atoms with Crippen LogP contribution < -0.4 is 31.3 Å². The molecule has 5 amide bonds. The third-order valence-electron chi connectivity index (χ3n) is 11.7. The van der Waals surface area contributed by atoms with Gasteiger partial charge in [-0.1, -0.05) is 48.2 Å². The Morgan fingerprint density at radius 1 is 0.906 bits per heavy atom. The molecule has 3 aliphatic heterocycles. The van der Waals surface area contributed by atoms with Crippen LogP contribution in [-0.2, 0) is 27.5 Å². The Hall–Kier alpha value is -6.65. The van der Waals surface area contributed by atoms with E-state index in [2.05, 4.69) is 42.7 Å². The molecule has 0 spiro atoms. The van der Waals surface area contributed by atoms with Crippen molar-refractivity contribution in [3.63, 3.8) is 0 Å². The van der Waals surface area contributed by atoms with E-state index in [0.717, 1.165) is 94.6 Å². The Morgan fingerprint density at radius 3 is 2.47 bits per heavy atom. The van der Waals surface area contributed by atoms with Gasteiger partial charge >= 0.3 is 0 Å². The molecule has 3 aromatic carbocycles. The van der Waals surface area contributed by atoms with Crippen molar-refractivity contribution in [2.24, 2.45) is 5.73 Å². The topological polar surface area (TPSA) is 202 Å². The quantitative estimate of drug-likeness (QED) is 0.0640.